The summed E-state index contributed by atoms with van der Waals surface area (Å²) in [5.41, 5.74) is 2.04. The molecular weight excluding hydrogens is 336 g/mol. The van der Waals surface area contributed by atoms with E-state index < -0.39 is 0 Å². The first kappa shape index (κ1) is 19.3. The number of nitrogens with zero attached hydrogens (tertiary/aromatic N) is 4. The molecule has 0 unspecified atom stereocenters. The second-order valence-electron chi connectivity index (χ2n) is 7.11. The maximum absolute atomic E-state index is 5.42. The summed E-state index contributed by atoms with van der Waals surface area (Å²) in [6.07, 6.45) is 18.2. The van der Waals surface area contributed by atoms with Gasteiger partial charge in [-0.25, -0.2) is 4.98 Å². The van der Waals surface area contributed by atoms with Crippen molar-refractivity contribution in [3.63, 3.8) is 0 Å². The summed E-state index contributed by atoms with van der Waals surface area (Å²) in [5.74, 6) is 1.41. The fourth-order valence-corrected chi connectivity index (χ4v) is 3.26. The predicted molar refractivity (Wildman–Crippen MR) is 108 cm³/mol. The van der Waals surface area contributed by atoms with Gasteiger partial charge >= 0.3 is 0 Å². The quantitative estimate of drug-likeness (QED) is 0.369. The smallest absolute Gasteiger partial charge is 0.226 e. The lowest BCUT2D eigenvalue weighted by atomic mass is 10.1. The molecule has 0 bridgehead atoms. The highest BCUT2D eigenvalue weighted by molar-refractivity contribution is 5.56. The van der Waals surface area contributed by atoms with Crippen molar-refractivity contribution >= 4 is 0 Å². The van der Waals surface area contributed by atoms with E-state index in [4.69, 9.17) is 4.52 Å². The van der Waals surface area contributed by atoms with Crippen LogP contribution in [0.1, 0.15) is 70.6 Å². The molecule has 0 saturated heterocycles. The van der Waals surface area contributed by atoms with Gasteiger partial charge in [0, 0.05) is 30.1 Å². The topological polar surface area (TPSA) is 56.7 Å². The lowest BCUT2D eigenvalue weighted by Gasteiger charge is -2.02. The minimum absolute atomic E-state index is 0.665. The molecule has 5 nitrogen and oxygen atoms in total. The monoisotopic (exact) mass is 366 g/mol. The van der Waals surface area contributed by atoms with Gasteiger partial charge in [-0.1, -0.05) is 63.4 Å². The number of aryl methyl sites for hydroxylation is 1. The van der Waals surface area contributed by atoms with Crippen LogP contribution >= 0.6 is 0 Å². The van der Waals surface area contributed by atoms with Gasteiger partial charge in [0.15, 0.2) is 0 Å². The molecule has 0 radical (unpaired) electrons. The van der Waals surface area contributed by atoms with Crippen molar-refractivity contribution in [1.29, 1.82) is 0 Å². The minimum atomic E-state index is 0.665. The molecule has 1 aromatic carbocycles. The Morgan fingerprint density at radius 1 is 0.889 bits per heavy atom. The van der Waals surface area contributed by atoms with Crippen LogP contribution in [0.5, 0.6) is 0 Å². The van der Waals surface area contributed by atoms with Crippen LogP contribution in [-0.2, 0) is 6.42 Å². The van der Waals surface area contributed by atoms with Gasteiger partial charge in [0.2, 0.25) is 11.7 Å². The van der Waals surface area contributed by atoms with Crippen LogP contribution in [0, 0.1) is 0 Å². The Balaban J connectivity index is 1.38. The van der Waals surface area contributed by atoms with Crippen LogP contribution in [0.25, 0.3) is 17.1 Å². The van der Waals surface area contributed by atoms with E-state index in [9.17, 15) is 0 Å². The molecule has 2 aromatic heterocycles. The van der Waals surface area contributed by atoms with Crippen LogP contribution in [0.4, 0.5) is 0 Å². The zero-order valence-electron chi connectivity index (χ0n) is 16.3. The number of aromatic nitrogens is 4. The lowest BCUT2D eigenvalue weighted by Crippen LogP contribution is -1.90. The van der Waals surface area contributed by atoms with Crippen molar-refractivity contribution in [2.75, 3.05) is 0 Å². The Bertz CT molecular complexity index is 762. The highest BCUT2D eigenvalue weighted by atomic mass is 16.5. The van der Waals surface area contributed by atoms with E-state index in [0.29, 0.717) is 5.82 Å². The third-order valence-corrected chi connectivity index (χ3v) is 4.89. The molecule has 0 atom stereocenters. The summed E-state index contributed by atoms with van der Waals surface area (Å²) in [5, 5.41) is 4.13. The Hall–Kier alpha value is -2.43. The number of hydrogen-bond acceptors (Lipinski definition) is 4. The molecule has 0 N–H and O–H groups in total. The normalized spacial score (nSPS) is 11.1. The van der Waals surface area contributed by atoms with Crippen LogP contribution in [0.15, 0.2) is 47.5 Å². The van der Waals surface area contributed by atoms with Crippen LogP contribution in [0.2, 0.25) is 0 Å². The summed E-state index contributed by atoms with van der Waals surface area (Å²) >= 11 is 0. The van der Waals surface area contributed by atoms with Gasteiger partial charge in [-0.3, -0.25) is 0 Å². The molecule has 0 aliphatic heterocycles. The molecular formula is C22H30N4O. The van der Waals surface area contributed by atoms with Gasteiger partial charge in [0.1, 0.15) is 0 Å². The third-order valence-electron chi connectivity index (χ3n) is 4.89. The van der Waals surface area contributed by atoms with Gasteiger partial charge in [-0.2, -0.15) is 4.98 Å². The molecule has 3 aromatic rings. The van der Waals surface area contributed by atoms with Crippen molar-refractivity contribution in [3.05, 3.63) is 48.9 Å². The van der Waals surface area contributed by atoms with Gasteiger partial charge in [0.25, 0.3) is 0 Å². The van der Waals surface area contributed by atoms with Crippen LogP contribution in [-0.4, -0.2) is 19.7 Å². The first-order chi connectivity index (χ1) is 13.4. The molecule has 0 spiro atoms. The first-order valence-corrected chi connectivity index (χ1v) is 10.3. The van der Waals surface area contributed by atoms with Crippen molar-refractivity contribution in [3.8, 4) is 17.1 Å². The zero-order valence-corrected chi connectivity index (χ0v) is 16.3. The molecule has 2 heterocycles. The Morgan fingerprint density at radius 3 is 2.26 bits per heavy atom. The molecule has 5 heteroatoms. The van der Waals surface area contributed by atoms with E-state index in [1.54, 1.807) is 12.5 Å². The van der Waals surface area contributed by atoms with E-state index >= 15 is 0 Å². The zero-order chi connectivity index (χ0) is 18.7. The summed E-state index contributed by atoms with van der Waals surface area (Å²) < 4.78 is 7.38. The summed E-state index contributed by atoms with van der Waals surface area (Å²) in [6, 6.07) is 8.10. The van der Waals surface area contributed by atoms with E-state index in [-0.39, 0.29) is 0 Å². The summed E-state index contributed by atoms with van der Waals surface area (Å²) in [6.45, 7) is 2.26. The highest BCUT2D eigenvalue weighted by Gasteiger charge is 2.08. The Kier molecular flexibility index (Phi) is 7.63. The number of rotatable bonds is 12. The molecule has 27 heavy (non-hydrogen) atoms. The second kappa shape index (κ2) is 10.7. The SMILES string of the molecule is CCCCCCCCCCCc1nc(-c2ccc(-n3ccnc3)cc2)no1. The van der Waals surface area contributed by atoms with Gasteiger partial charge < -0.3 is 9.09 Å². The number of imidazole rings is 1. The number of benzene rings is 1. The second-order valence-corrected chi connectivity index (χ2v) is 7.11. The minimum Gasteiger partial charge on any atom is -0.339 e. The van der Waals surface area contributed by atoms with Crippen molar-refractivity contribution in [2.24, 2.45) is 0 Å². The van der Waals surface area contributed by atoms with E-state index in [1.165, 1.54) is 51.4 Å². The molecule has 0 aliphatic rings. The number of hydrogen-bond donors (Lipinski definition) is 0. The van der Waals surface area contributed by atoms with Crippen molar-refractivity contribution < 1.29 is 4.52 Å². The average Bonchev–Trinajstić information content (AvgIpc) is 3.39. The summed E-state index contributed by atoms with van der Waals surface area (Å²) in [7, 11) is 0. The van der Waals surface area contributed by atoms with E-state index in [1.807, 2.05) is 35.0 Å². The van der Waals surface area contributed by atoms with Crippen molar-refractivity contribution in [1.82, 2.24) is 19.7 Å². The van der Waals surface area contributed by atoms with Gasteiger partial charge in [-0.15, -0.1) is 0 Å². The highest BCUT2D eigenvalue weighted by Crippen LogP contribution is 2.19. The fourth-order valence-electron chi connectivity index (χ4n) is 3.26. The fraction of sp³-hybridized carbons (Fsp3) is 0.500. The molecule has 0 saturated carbocycles. The maximum Gasteiger partial charge on any atom is 0.226 e. The molecule has 3 rings (SSSR count). The van der Waals surface area contributed by atoms with Gasteiger partial charge in [0.05, 0.1) is 6.33 Å². The summed E-state index contributed by atoms with van der Waals surface area (Å²) in [4.78, 5) is 8.61. The Labute approximate surface area is 161 Å². The molecule has 0 amide bonds. The average molecular weight is 367 g/mol. The molecule has 0 fully saturated rings. The van der Waals surface area contributed by atoms with Crippen molar-refractivity contribution in [2.45, 2.75) is 71.1 Å². The number of unbranched alkanes of at least 4 members (excludes halogenated alkanes) is 8. The molecule has 0 aliphatic carbocycles. The first-order valence-electron chi connectivity index (χ1n) is 10.3. The predicted octanol–water partition coefficient (Wildman–Crippen LogP) is 6.00. The third kappa shape index (κ3) is 6.05. The van der Waals surface area contributed by atoms with Crippen LogP contribution < -0.4 is 0 Å². The maximum atomic E-state index is 5.42. The van der Waals surface area contributed by atoms with Crippen LogP contribution in [0.3, 0.4) is 0 Å². The largest absolute Gasteiger partial charge is 0.339 e. The van der Waals surface area contributed by atoms with E-state index in [0.717, 1.165) is 30.0 Å². The lowest BCUT2D eigenvalue weighted by molar-refractivity contribution is 0.373. The standard InChI is InChI=1S/C22H30N4O/c1-2-3-4-5-6-7-8-9-10-11-21-24-22(25-27-21)19-12-14-20(15-13-19)26-17-16-23-18-26/h12-18H,2-11H2,1H3. The van der Waals surface area contributed by atoms with E-state index in [2.05, 4.69) is 22.0 Å². The Morgan fingerprint density at radius 2 is 1.59 bits per heavy atom. The van der Waals surface area contributed by atoms with Gasteiger partial charge in [-0.05, 0) is 30.7 Å². The molecule has 144 valence electrons.